The van der Waals surface area contributed by atoms with Gasteiger partial charge in [0.1, 0.15) is 16.8 Å². The molecule has 6 nitrogen and oxygen atoms in total. The summed E-state index contributed by atoms with van der Waals surface area (Å²) in [5.74, 6) is 0.466. The van der Waals surface area contributed by atoms with Gasteiger partial charge in [-0.25, -0.2) is 0 Å². The molecular formula is C23H22N4O2. The van der Waals surface area contributed by atoms with Gasteiger partial charge in [-0.2, -0.15) is 4.80 Å². The third-order valence-corrected chi connectivity index (χ3v) is 4.37. The van der Waals surface area contributed by atoms with Gasteiger partial charge < -0.3 is 10.1 Å². The molecule has 3 aromatic carbocycles. The maximum atomic E-state index is 12.6. The largest absolute Gasteiger partial charge is 0.491 e. The molecule has 1 amide bonds. The number of ether oxygens (including phenoxy) is 1. The molecule has 0 aliphatic rings. The van der Waals surface area contributed by atoms with Gasteiger partial charge in [-0.3, -0.25) is 4.79 Å². The van der Waals surface area contributed by atoms with Crippen LogP contribution < -0.4 is 10.1 Å². The highest BCUT2D eigenvalue weighted by atomic mass is 16.5. The molecule has 0 fully saturated rings. The molecule has 6 heteroatoms. The Morgan fingerprint density at radius 1 is 0.966 bits per heavy atom. The van der Waals surface area contributed by atoms with Crippen molar-refractivity contribution < 1.29 is 9.53 Å². The van der Waals surface area contributed by atoms with Gasteiger partial charge >= 0.3 is 0 Å². The molecule has 0 atom stereocenters. The maximum Gasteiger partial charge on any atom is 0.255 e. The fraction of sp³-hybridized carbons (Fsp3) is 0.174. The van der Waals surface area contributed by atoms with Crippen LogP contribution in [0.2, 0.25) is 0 Å². The van der Waals surface area contributed by atoms with E-state index in [0.717, 1.165) is 11.2 Å². The van der Waals surface area contributed by atoms with Gasteiger partial charge in [-0.05, 0) is 69.3 Å². The van der Waals surface area contributed by atoms with E-state index >= 15 is 0 Å². The molecule has 0 saturated heterocycles. The van der Waals surface area contributed by atoms with Crippen molar-refractivity contribution in [1.29, 1.82) is 0 Å². The first-order valence-corrected chi connectivity index (χ1v) is 9.50. The summed E-state index contributed by atoms with van der Waals surface area (Å²) in [6, 6.07) is 20.6. The SMILES string of the molecule is Cc1ccc(-n2nc3ccc(NC(=O)c4cccc(OC(C)C)c4)cc3n2)cc1. The number of fused-ring (bicyclic) bond motifs is 1. The van der Waals surface area contributed by atoms with E-state index in [1.54, 1.807) is 16.9 Å². The summed E-state index contributed by atoms with van der Waals surface area (Å²) in [4.78, 5) is 14.2. The van der Waals surface area contributed by atoms with Crippen LogP contribution in [0, 0.1) is 6.92 Å². The average Bonchev–Trinajstić information content (AvgIpc) is 3.11. The van der Waals surface area contributed by atoms with Crippen LogP contribution in [-0.4, -0.2) is 27.0 Å². The molecule has 0 bridgehead atoms. The highest BCUT2D eigenvalue weighted by Crippen LogP contribution is 2.20. The van der Waals surface area contributed by atoms with Crippen molar-refractivity contribution in [3.8, 4) is 11.4 Å². The smallest absolute Gasteiger partial charge is 0.255 e. The van der Waals surface area contributed by atoms with Gasteiger partial charge in [0.25, 0.3) is 5.91 Å². The minimum Gasteiger partial charge on any atom is -0.491 e. The summed E-state index contributed by atoms with van der Waals surface area (Å²) in [7, 11) is 0. The number of carbonyl (C=O) groups is 1. The lowest BCUT2D eigenvalue weighted by Gasteiger charge is -2.11. The molecular weight excluding hydrogens is 364 g/mol. The Bertz CT molecular complexity index is 1160. The van der Waals surface area contributed by atoms with Gasteiger partial charge in [-0.15, -0.1) is 10.2 Å². The van der Waals surface area contributed by atoms with Crippen LogP contribution in [0.1, 0.15) is 29.8 Å². The second-order valence-corrected chi connectivity index (χ2v) is 7.18. The van der Waals surface area contributed by atoms with E-state index in [1.165, 1.54) is 5.56 Å². The Morgan fingerprint density at radius 2 is 1.72 bits per heavy atom. The molecule has 0 unspecified atom stereocenters. The lowest BCUT2D eigenvalue weighted by Crippen LogP contribution is -2.12. The number of anilines is 1. The van der Waals surface area contributed by atoms with E-state index in [2.05, 4.69) is 15.5 Å². The standard InChI is InChI=1S/C23H22N4O2/c1-15(2)29-20-6-4-5-17(13-20)23(28)24-18-9-12-21-22(14-18)26-27(25-21)19-10-7-16(3)8-11-19/h4-15H,1-3H3,(H,24,28). The molecule has 0 aliphatic heterocycles. The van der Waals surface area contributed by atoms with Crippen LogP contribution in [0.4, 0.5) is 5.69 Å². The molecule has 0 saturated carbocycles. The van der Waals surface area contributed by atoms with E-state index in [0.29, 0.717) is 22.5 Å². The Labute approximate surface area is 169 Å². The summed E-state index contributed by atoms with van der Waals surface area (Å²) in [6.45, 7) is 5.94. The number of nitrogens with zero attached hydrogens (tertiary/aromatic N) is 3. The van der Waals surface area contributed by atoms with Crippen molar-refractivity contribution in [3.05, 3.63) is 77.9 Å². The highest BCUT2D eigenvalue weighted by molar-refractivity contribution is 6.05. The molecule has 29 heavy (non-hydrogen) atoms. The third kappa shape index (κ3) is 4.27. The lowest BCUT2D eigenvalue weighted by atomic mass is 10.2. The van der Waals surface area contributed by atoms with Crippen LogP contribution >= 0.6 is 0 Å². The predicted octanol–water partition coefficient (Wildman–Crippen LogP) is 4.77. The van der Waals surface area contributed by atoms with Crippen molar-refractivity contribution >= 4 is 22.6 Å². The van der Waals surface area contributed by atoms with E-state index in [-0.39, 0.29) is 12.0 Å². The van der Waals surface area contributed by atoms with Crippen molar-refractivity contribution in [2.24, 2.45) is 0 Å². The Hall–Kier alpha value is -3.67. The average molecular weight is 386 g/mol. The summed E-state index contributed by atoms with van der Waals surface area (Å²) in [5.41, 5.74) is 4.73. The number of amides is 1. The summed E-state index contributed by atoms with van der Waals surface area (Å²) >= 11 is 0. The molecule has 1 aromatic heterocycles. The second kappa shape index (κ2) is 7.75. The van der Waals surface area contributed by atoms with Crippen LogP contribution in [0.15, 0.2) is 66.7 Å². The van der Waals surface area contributed by atoms with Crippen molar-refractivity contribution in [1.82, 2.24) is 15.0 Å². The van der Waals surface area contributed by atoms with Gasteiger partial charge in [0.15, 0.2) is 0 Å². The minimum atomic E-state index is -0.204. The van der Waals surface area contributed by atoms with Crippen LogP contribution in [0.3, 0.4) is 0 Å². The number of aromatic nitrogens is 3. The first kappa shape index (κ1) is 18.7. The Balaban J connectivity index is 1.55. The fourth-order valence-corrected chi connectivity index (χ4v) is 2.97. The first-order chi connectivity index (χ1) is 14.0. The quantitative estimate of drug-likeness (QED) is 0.536. The molecule has 146 valence electrons. The van der Waals surface area contributed by atoms with Gasteiger partial charge in [0.05, 0.1) is 11.8 Å². The van der Waals surface area contributed by atoms with E-state index < -0.39 is 0 Å². The van der Waals surface area contributed by atoms with Crippen molar-refractivity contribution in [2.75, 3.05) is 5.32 Å². The zero-order valence-electron chi connectivity index (χ0n) is 16.6. The fourth-order valence-electron chi connectivity index (χ4n) is 2.97. The topological polar surface area (TPSA) is 69.0 Å². The van der Waals surface area contributed by atoms with E-state index in [4.69, 9.17) is 4.74 Å². The monoisotopic (exact) mass is 386 g/mol. The second-order valence-electron chi connectivity index (χ2n) is 7.18. The van der Waals surface area contributed by atoms with Gasteiger partial charge in [0.2, 0.25) is 0 Å². The number of hydrogen-bond acceptors (Lipinski definition) is 4. The molecule has 4 rings (SSSR count). The Kier molecular flexibility index (Phi) is 4.99. The number of benzene rings is 3. The molecule has 0 aliphatic carbocycles. The first-order valence-electron chi connectivity index (χ1n) is 9.50. The van der Waals surface area contributed by atoms with Gasteiger partial charge in [-0.1, -0.05) is 23.8 Å². The van der Waals surface area contributed by atoms with Crippen molar-refractivity contribution in [2.45, 2.75) is 26.9 Å². The van der Waals surface area contributed by atoms with Crippen LogP contribution in [-0.2, 0) is 0 Å². The van der Waals surface area contributed by atoms with Gasteiger partial charge in [0, 0.05) is 11.3 Å². The van der Waals surface area contributed by atoms with E-state index in [9.17, 15) is 4.79 Å². The Morgan fingerprint density at radius 3 is 2.48 bits per heavy atom. The summed E-state index contributed by atoms with van der Waals surface area (Å²) in [6.07, 6.45) is 0.0480. The molecule has 4 aromatic rings. The highest BCUT2D eigenvalue weighted by Gasteiger charge is 2.10. The molecule has 0 radical (unpaired) electrons. The predicted molar refractivity (Wildman–Crippen MR) is 114 cm³/mol. The minimum absolute atomic E-state index is 0.0480. The number of hydrogen-bond donors (Lipinski definition) is 1. The summed E-state index contributed by atoms with van der Waals surface area (Å²) in [5, 5.41) is 12.0. The number of aryl methyl sites for hydroxylation is 1. The normalized spacial score (nSPS) is 11.0. The van der Waals surface area contributed by atoms with Crippen molar-refractivity contribution in [3.63, 3.8) is 0 Å². The molecule has 1 N–H and O–H groups in total. The molecule has 0 spiro atoms. The summed E-state index contributed by atoms with van der Waals surface area (Å²) < 4.78 is 5.66. The number of carbonyl (C=O) groups excluding carboxylic acids is 1. The zero-order chi connectivity index (χ0) is 20.4. The third-order valence-electron chi connectivity index (χ3n) is 4.37. The maximum absolute atomic E-state index is 12.6. The zero-order valence-corrected chi connectivity index (χ0v) is 16.6. The van der Waals surface area contributed by atoms with Crippen LogP contribution in [0.25, 0.3) is 16.7 Å². The lowest BCUT2D eigenvalue weighted by molar-refractivity contribution is 0.102. The van der Waals surface area contributed by atoms with Crippen LogP contribution in [0.5, 0.6) is 5.75 Å². The number of nitrogens with one attached hydrogen (secondary N) is 1. The van der Waals surface area contributed by atoms with E-state index in [1.807, 2.05) is 75.4 Å². The number of rotatable bonds is 5. The molecule has 1 heterocycles.